The van der Waals surface area contributed by atoms with Crippen LogP contribution in [0.25, 0.3) is 0 Å². The van der Waals surface area contributed by atoms with E-state index in [0.717, 1.165) is 31.5 Å². The molecule has 2 rings (SSSR count). The normalized spacial score (nSPS) is 28.5. The van der Waals surface area contributed by atoms with Gasteiger partial charge < -0.3 is 9.74 Å². The van der Waals surface area contributed by atoms with Gasteiger partial charge in [-0.05, 0) is 12.8 Å². The second-order valence-electron chi connectivity index (χ2n) is 3.29. The van der Waals surface area contributed by atoms with E-state index < -0.39 is 0 Å². The van der Waals surface area contributed by atoms with E-state index in [1.807, 2.05) is 0 Å². The number of amides is 1. The van der Waals surface area contributed by atoms with Crippen molar-refractivity contribution in [2.24, 2.45) is 11.1 Å². The molecule has 0 aliphatic carbocycles. The Hall–Kier alpha value is -1.06. The van der Waals surface area contributed by atoms with Crippen LogP contribution in [0.4, 0.5) is 0 Å². The SMILES string of the molecule is O=CN1CCC[C@@H]2CON=C2C1. The second kappa shape index (κ2) is 3.13. The Morgan fingerprint density at radius 2 is 2.58 bits per heavy atom. The Balaban J connectivity index is 2.07. The van der Waals surface area contributed by atoms with Crippen molar-refractivity contribution < 1.29 is 9.63 Å². The van der Waals surface area contributed by atoms with E-state index in [1.165, 1.54) is 0 Å². The van der Waals surface area contributed by atoms with Crippen LogP contribution < -0.4 is 0 Å². The van der Waals surface area contributed by atoms with E-state index in [4.69, 9.17) is 4.84 Å². The number of rotatable bonds is 1. The van der Waals surface area contributed by atoms with Crippen molar-refractivity contribution in [3.05, 3.63) is 0 Å². The van der Waals surface area contributed by atoms with E-state index in [-0.39, 0.29) is 0 Å². The van der Waals surface area contributed by atoms with Gasteiger partial charge in [-0.25, -0.2) is 0 Å². The van der Waals surface area contributed by atoms with Crippen molar-refractivity contribution in [3.63, 3.8) is 0 Å². The average molecular weight is 168 g/mol. The third-order valence-electron chi connectivity index (χ3n) is 2.44. The lowest BCUT2D eigenvalue weighted by molar-refractivity contribution is -0.117. The summed E-state index contributed by atoms with van der Waals surface area (Å²) in [6.45, 7) is 2.23. The Morgan fingerprint density at radius 3 is 3.42 bits per heavy atom. The van der Waals surface area contributed by atoms with Crippen molar-refractivity contribution in [1.82, 2.24) is 4.90 Å². The number of carbonyl (C=O) groups is 1. The fraction of sp³-hybridized carbons (Fsp3) is 0.750. The van der Waals surface area contributed by atoms with Crippen molar-refractivity contribution in [2.45, 2.75) is 12.8 Å². The van der Waals surface area contributed by atoms with Crippen molar-refractivity contribution in [3.8, 4) is 0 Å². The summed E-state index contributed by atoms with van der Waals surface area (Å²) in [5, 5.41) is 3.93. The number of hydrogen-bond donors (Lipinski definition) is 0. The van der Waals surface area contributed by atoms with Gasteiger partial charge in [-0.2, -0.15) is 0 Å². The molecule has 0 bridgehead atoms. The van der Waals surface area contributed by atoms with E-state index in [1.54, 1.807) is 4.90 Å². The fourth-order valence-electron chi connectivity index (χ4n) is 1.71. The number of oxime groups is 1. The summed E-state index contributed by atoms with van der Waals surface area (Å²) in [6, 6.07) is 0. The van der Waals surface area contributed by atoms with Crippen LogP contribution in [0.3, 0.4) is 0 Å². The maximum Gasteiger partial charge on any atom is 0.210 e. The van der Waals surface area contributed by atoms with Crippen LogP contribution in [-0.4, -0.2) is 36.7 Å². The molecule has 1 fully saturated rings. The summed E-state index contributed by atoms with van der Waals surface area (Å²) in [7, 11) is 0. The van der Waals surface area contributed by atoms with Crippen LogP contribution in [-0.2, 0) is 9.63 Å². The molecule has 4 heteroatoms. The molecule has 2 heterocycles. The molecule has 1 atom stereocenters. The van der Waals surface area contributed by atoms with Gasteiger partial charge in [-0.15, -0.1) is 0 Å². The van der Waals surface area contributed by atoms with Gasteiger partial charge in [0, 0.05) is 12.5 Å². The van der Waals surface area contributed by atoms with Crippen molar-refractivity contribution >= 4 is 12.1 Å². The van der Waals surface area contributed by atoms with Gasteiger partial charge in [0.15, 0.2) is 0 Å². The third kappa shape index (κ3) is 1.29. The molecule has 0 spiro atoms. The molecule has 1 saturated heterocycles. The number of hydrogen-bond acceptors (Lipinski definition) is 3. The smallest absolute Gasteiger partial charge is 0.210 e. The zero-order chi connectivity index (χ0) is 8.39. The van der Waals surface area contributed by atoms with Gasteiger partial charge in [-0.3, -0.25) is 4.79 Å². The Morgan fingerprint density at radius 1 is 1.67 bits per heavy atom. The highest BCUT2D eigenvalue weighted by Gasteiger charge is 2.27. The average Bonchev–Trinajstić information content (AvgIpc) is 2.43. The third-order valence-corrected chi connectivity index (χ3v) is 2.44. The second-order valence-corrected chi connectivity index (χ2v) is 3.29. The molecule has 2 aliphatic rings. The van der Waals surface area contributed by atoms with Crippen molar-refractivity contribution in [2.75, 3.05) is 19.7 Å². The first-order valence-corrected chi connectivity index (χ1v) is 4.28. The fourth-order valence-corrected chi connectivity index (χ4v) is 1.71. The van der Waals surface area contributed by atoms with Gasteiger partial charge in [-0.1, -0.05) is 5.16 Å². The highest BCUT2D eigenvalue weighted by Crippen LogP contribution is 2.19. The summed E-state index contributed by atoms with van der Waals surface area (Å²) in [6.07, 6.45) is 3.05. The molecule has 0 unspecified atom stereocenters. The van der Waals surface area contributed by atoms with E-state index in [9.17, 15) is 4.79 Å². The summed E-state index contributed by atoms with van der Waals surface area (Å²) in [5.74, 6) is 0.468. The summed E-state index contributed by atoms with van der Waals surface area (Å²) in [5.41, 5.74) is 1.04. The molecular formula is C8H12N2O2. The van der Waals surface area contributed by atoms with Crippen LogP contribution >= 0.6 is 0 Å². The molecule has 4 nitrogen and oxygen atoms in total. The lowest BCUT2D eigenvalue weighted by Gasteiger charge is -2.12. The highest BCUT2D eigenvalue weighted by atomic mass is 16.6. The number of fused-ring (bicyclic) bond motifs is 1. The Bertz CT molecular complexity index is 215. The van der Waals surface area contributed by atoms with Gasteiger partial charge in [0.2, 0.25) is 6.41 Å². The lowest BCUT2D eigenvalue weighted by Crippen LogP contribution is -2.28. The first-order chi connectivity index (χ1) is 5.90. The number of carbonyl (C=O) groups excluding carboxylic acids is 1. The highest BCUT2D eigenvalue weighted by molar-refractivity contribution is 5.90. The zero-order valence-electron chi connectivity index (χ0n) is 6.90. The lowest BCUT2D eigenvalue weighted by atomic mass is 10.0. The van der Waals surface area contributed by atoms with Crippen LogP contribution in [0.5, 0.6) is 0 Å². The summed E-state index contributed by atoms with van der Waals surface area (Å²) < 4.78 is 0. The predicted octanol–water partition coefficient (Wildman–Crippen LogP) is 0.241. The van der Waals surface area contributed by atoms with E-state index in [2.05, 4.69) is 5.16 Å². The van der Waals surface area contributed by atoms with Gasteiger partial charge in [0.1, 0.15) is 6.61 Å². The number of likely N-dealkylation sites (tertiary alicyclic amines) is 1. The van der Waals surface area contributed by atoms with E-state index >= 15 is 0 Å². The summed E-state index contributed by atoms with van der Waals surface area (Å²) in [4.78, 5) is 17.3. The maximum absolute atomic E-state index is 10.5. The molecule has 12 heavy (non-hydrogen) atoms. The summed E-state index contributed by atoms with van der Waals surface area (Å²) >= 11 is 0. The topological polar surface area (TPSA) is 41.9 Å². The van der Waals surface area contributed by atoms with Crippen LogP contribution in [0.2, 0.25) is 0 Å². The molecule has 2 aliphatic heterocycles. The molecule has 0 N–H and O–H groups in total. The minimum Gasteiger partial charge on any atom is -0.395 e. The Kier molecular flexibility index (Phi) is 1.98. The minimum atomic E-state index is 0.468. The molecule has 0 aromatic carbocycles. The van der Waals surface area contributed by atoms with Crippen LogP contribution in [0, 0.1) is 5.92 Å². The first kappa shape index (κ1) is 7.58. The minimum absolute atomic E-state index is 0.468. The molecule has 0 aromatic rings. The van der Waals surface area contributed by atoms with Gasteiger partial charge >= 0.3 is 0 Å². The van der Waals surface area contributed by atoms with Gasteiger partial charge in [0.05, 0.1) is 12.3 Å². The number of nitrogens with zero attached hydrogens (tertiary/aromatic N) is 2. The monoisotopic (exact) mass is 168 g/mol. The zero-order valence-corrected chi connectivity index (χ0v) is 6.90. The van der Waals surface area contributed by atoms with Crippen LogP contribution in [0.1, 0.15) is 12.8 Å². The van der Waals surface area contributed by atoms with E-state index in [0.29, 0.717) is 19.1 Å². The largest absolute Gasteiger partial charge is 0.395 e. The molecule has 66 valence electrons. The van der Waals surface area contributed by atoms with Crippen LogP contribution in [0.15, 0.2) is 5.16 Å². The molecule has 0 radical (unpaired) electrons. The Labute approximate surface area is 71.2 Å². The maximum atomic E-state index is 10.5. The predicted molar refractivity (Wildman–Crippen MR) is 43.7 cm³/mol. The molecular weight excluding hydrogens is 156 g/mol. The van der Waals surface area contributed by atoms with Gasteiger partial charge in [0.25, 0.3) is 0 Å². The quantitative estimate of drug-likeness (QED) is 0.526. The molecule has 0 aromatic heterocycles. The molecule has 1 amide bonds. The first-order valence-electron chi connectivity index (χ1n) is 4.28. The molecule has 0 saturated carbocycles. The van der Waals surface area contributed by atoms with Crippen molar-refractivity contribution in [1.29, 1.82) is 0 Å². The standard InChI is InChI=1S/C8H12N2O2/c11-6-10-3-1-2-7-5-12-9-8(7)4-10/h6-7H,1-5H2/t7-/m1/s1.